The van der Waals surface area contributed by atoms with Gasteiger partial charge in [-0.3, -0.25) is 9.59 Å². The lowest BCUT2D eigenvalue weighted by Gasteiger charge is -2.08. The standard InChI is InChI=1S/C20H21Cl2N3O3/c1-12-6-13(2)8-16(7-12)23-19(26)9-14(3)24-25-20(27)11-28-18-5-4-15(21)10-17(18)22/h4-8,10H,9,11H2,1-3H3,(H,23,26)(H,25,27)/b24-14+. The molecular weight excluding hydrogens is 401 g/mol. The van der Waals surface area contributed by atoms with Gasteiger partial charge in [0.2, 0.25) is 5.91 Å². The average Bonchev–Trinajstić information content (AvgIpc) is 2.58. The van der Waals surface area contributed by atoms with E-state index in [1.165, 1.54) is 6.07 Å². The first kappa shape index (κ1) is 21.7. The Balaban J connectivity index is 1.80. The lowest BCUT2D eigenvalue weighted by atomic mass is 10.1. The number of nitrogens with one attached hydrogen (secondary N) is 2. The fraction of sp³-hybridized carbons (Fsp3) is 0.250. The smallest absolute Gasteiger partial charge is 0.277 e. The number of hydrogen-bond acceptors (Lipinski definition) is 4. The molecule has 28 heavy (non-hydrogen) atoms. The number of amides is 2. The molecule has 2 rings (SSSR count). The predicted octanol–water partition coefficient (Wildman–Crippen LogP) is 4.51. The predicted molar refractivity (Wildman–Crippen MR) is 112 cm³/mol. The number of rotatable bonds is 7. The molecule has 0 unspecified atom stereocenters. The summed E-state index contributed by atoms with van der Waals surface area (Å²) in [5, 5.41) is 7.51. The Labute approximate surface area is 173 Å². The molecule has 0 aromatic heterocycles. The molecule has 0 aliphatic heterocycles. The molecule has 0 spiro atoms. The largest absolute Gasteiger partial charge is 0.482 e. The van der Waals surface area contributed by atoms with E-state index in [4.69, 9.17) is 27.9 Å². The summed E-state index contributed by atoms with van der Waals surface area (Å²) in [5.41, 5.74) is 5.66. The summed E-state index contributed by atoms with van der Waals surface area (Å²) in [5.74, 6) is -0.348. The molecule has 148 valence electrons. The van der Waals surface area contributed by atoms with E-state index in [2.05, 4.69) is 15.8 Å². The highest BCUT2D eigenvalue weighted by Gasteiger charge is 2.08. The van der Waals surface area contributed by atoms with E-state index in [-0.39, 0.29) is 18.9 Å². The maximum Gasteiger partial charge on any atom is 0.277 e. The fourth-order valence-corrected chi connectivity index (χ4v) is 2.91. The zero-order valence-electron chi connectivity index (χ0n) is 15.8. The summed E-state index contributed by atoms with van der Waals surface area (Å²) >= 11 is 11.8. The molecule has 0 aliphatic carbocycles. The molecule has 2 aromatic carbocycles. The number of halogens is 2. The van der Waals surface area contributed by atoms with Crippen molar-refractivity contribution < 1.29 is 14.3 Å². The van der Waals surface area contributed by atoms with Gasteiger partial charge in [0, 0.05) is 16.4 Å². The molecular formula is C20H21Cl2N3O3. The third-order valence-electron chi connectivity index (χ3n) is 3.55. The number of carbonyl (C=O) groups is 2. The first-order valence-electron chi connectivity index (χ1n) is 8.51. The zero-order chi connectivity index (χ0) is 20.7. The minimum atomic E-state index is -0.472. The van der Waals surface area contributed by atoms with Gasteiger partial charge in [0.1, 0.15) is 5.75 Å². The average molecular weight is 422 g/mol. The topological polar surface area (TPSA) is 79.8 Å². The quantitative estimate of drug-likeness (QED) is 0.509. The van der Waals surface area contributed by atoms with Gasteiger partial charge in [-0.25, -0.2) is 5.43 Å². The van der Waals surface area contributed by atoms with Crippen molar-refractivity contribution in [3.63, 3.8) is 0 Å². The highest BCUT2D eigenvalue weighted by Crippen LogP contribution is 2.27. The van der Waals surface area contributed by atoms with Crippen molar-refractivity contribution in [2.45, 2.75) is 27.2 Å². The Hall–Kier alpha value is -2.57. The first-order valence-corrected chi connectivity index (χ1v) is 9.26. The van der Waals surface area contributed by atoms with Crippen LogP contribution < -0.4 is 15.5 Å². The first-order chi connectivity index (χ1) is 13.2. The van der Waals surface area contributed by atoms with Gasteiger partial charge in [-0.05, 0) is 62.2 Å². The number of nitrogens with zero attached hydrogens (tertiary/aromatic N) is 1. The van der Waals surface area contributed by atoms with Crippen LogP contribution in [0.5, 0.6) is 5.75 Å². The molecule has 0 radical (unpaired) electrons. The van der Waals surface area contributed by atoms with Crippen molar-refractivity contribution in [2.24, 2.45) is 5.10 Å². The van der Waals surface area contributed by atoms with E-state index < -0.39 is 5.91 Å². The van der Waals surface area contributed by atoms with E-state index in [9.17, 15) is 9.59 Å². The second kappa shape index (κ2) is 10.1. The van der Waals surface area contributed by atoms with Crippen LogP contribution in [-0.4, -0.2) is 24.1 Å². The van der Waals surface area contributed by atoms with E-state index in [1.807, 2.05) is 32.0 Å². The second-order valence-electron chi connectivity index (χ2n) is 6.35. The Morgan fingerprint density at radius 1 is 1.04 bits per heavy atom. The van der Waals surface area contributed by atoms with Crippen molar-refractivity contribution in [1.29, 1.82) is 0 Å². The van der Waals surface area contributed by atoms with Crippen LogP contribution >= 0.6 is 23.2 Å². The minimum Gasteiger partial charge on any atom is -0.482 e. The number of carbonyl (C=O) groups excluding carboxylic acids is 2. The number of benzene rings is 2. The van der Waals surface area contributed by atoms with Gasteiger partial charge in [0.15, 0.2) is 6.61 Å². The third kappa shape index (κ3) is 7.21. The van der Waals surface area contributed by atoms with E-state index in [1.54, 1.807) is 19.1 Å². The lowest BCUT2D eigenvalue weighted by Crippen LogP contribution is -2.26. The van der Waals surface area contributed by atoms with E-state index in [0.717, 1.165) is 16.8 Å². The summed E-state index contributed by atoms with van der Waals surface area (Å²) in [6, 6.07) is 10.5. The number of hydrazone groups is 1. The highest BCUT2D eigenvalue weighted by molar-refractivity contribution is 6.35. The number of hydrogen-bond donors (Lipinski definition) is 2. The van der Waals surface area contributed by atoms with E-state index >= 15 is 0 Å². The van der Waals surface area contributed by atoms with Crippen LogP contribution in [0, 0.1) is 13.8 Å². The molecule has 0 atom stereocenters. The second-order valence-corrected chi connectivity index (χ2v) is 7.19. The van der Waals surface area contributed by atoms with Crippen LogP contribution in [0.25, 0.3) is 0 Å². The fourth-order valence-electron chi connectivity index (χ4n) is 2.45. The zero-order valence-corrected chi connectivity index (χ0v) is 17.3. The van der Waals surface area contributed by atoms with Crippen LogP contribution in [-0.2, 0) is 9.59 Å². The normalized spacial score (nSPS) is 11.1. The maximum absolute atomic E-state index is 12.1. The van der Waals surface area contributed by atoms with Crippen LogP contribution in [0.2, 0.25) is 10.0 Å². The molecule has 0 aliphatic rings. The molecule has 2 aromatic rings. The van der Waals surface area contributed by atoms with Crippen LogP contribution in [0.3, 0.4) is 0 Å². The molecule has 2 amide bonds. The van der Waals surface area contributed by atoms with Gasteiger partial charge in [-0.15, -0.1) is 0 Å². The highest BCUT2D eigenvalue weighted by atomic mass is 35.5. The molecule has 0 saturated heterocycles. The monoisotopic (exact) mass is 421 g/mol. The molecule has 8 heteroatoms. The molecule has 0 saturated carbocycles. The molecule has 0 heterocycles. The van der Waals surface area contributed by atoms with Crippen molar-refractivity contribution in [1.82, 2.24) is 5.43 Å². The Morgan fingerprint density at radius 3 is 2.36 bits per heavy atom. The Morgan fingerprint density at radius 2 is 1.71 bits per heavy atom. The third-order valence-corrected chi connectivity index (χ3v) is 4.08. The Kier molecular flexibility index (Phi) is 7.84. The maximum atomic E-state index is 12.1. The van der Waals surface area contributed by atoms with Crippen LogP contribution in [0.1, 0.15) is 24.5 Å². The van der Waals surface area contributed by atoms with Crippen LogP contribution in [0.4, 0.5) is 5.69 Å². The van der Waals surface area contributed by atoms with Gasteiger partial charge in [0.05, 0.1) is 11.4 Å². The van der Waals surface area contributed by atoms with Gasteiger partial charge in [-0.2, -0.15) is 5.10 Å². The number of ether oxygens (including phenoxy) is 1. The summed E-state index contributed by atoms with van der Waals surface area (Å²) in [7, 11) is 0. The summed E-state index contributed by atoms with van der Waals surface area (Å²) in [4.78, 5) is 23.9. The molecule has 0 bridgehead atoms. The van der Waals surface area contributed by atoms with Crippen molar-refractivity contribution >= 4 is 46.4 Å². The molecule has 2 N–H and O–H groups in total. The molecule has 0 fully saturated rings. The van der Waals surface area contributed by atoms with E-state index in [0.29, 0.717) is 21.5 Å². The SMILES string of the molecule is C/C(CC(=O)Nc1cc(C)cc(C)c1)=N\NC(=O)COc1ccc(Cl)cc1Cl. The van der Waals surface area contributed by atoms with Crippen molar-refractivity contribution in [3.8, 4) is 5.75 Å². The molecule has 6 nitrogen and oxygen atoms in total. The summed E-state index contributed by atoms with van der Waals surface area (Å²) in [6.07, 6.45) is 0.0527. The van der Waals surface area contributed by atoms with Gasteiger partial charge >= 0.3 is 0 Å². The lowest BCUT2D eigenvalue weighted by molar-refractivity contribution is -0.123. The number of aryl methyl sites for hydroxylation is 2. The Bertz CT molecular complexity index is 893. The van der Waals surface area contributed by atoms with Crippen LogP contribution in [0.15, 0.2) is 41.5 Å². The summed E-state index contributed by atoms with van der Waals surface area (Å²) in [6.45, 7) is 5.31. The van der Waals surface area contributed by atoms with Crippen molar-refractivity contribution in [3.05, 3.63) is 57.6 Å². The van der Waals surface area contributed by atoms with Crippen molar-refractivity contribution in [2.75, 3.05) is 11.9 Å². The van der Waals surface area contributed by atoms with Gasteiger partial charge in [0.25, 0.3) is 5.91 Å². The number of anilines is 1. The van der Waals surface area contributed by atoms with Gasteiger partial charge < -0.3 is 10.1 Å². The minimum absolute atomic E-state index is 0.0527. The van der Waals surface area contributed by atoms with Gasteiger partial charge in [-0.1, -0.05) is 29.3 Å². The summed E-state index contributed by atoms with van der Waals surface area (Å²) < 4.78 is 5.32.